The fraction of sp³-hybridized carbons (Fsp3) is 0.158. The zero-order chi connectivity index (χ0) is 20.8. The molecule has 2 amide bonds. The SMILES string of the molecule is Cn1c(CNC(=O)c2ccccc2Cl)nnc1SCC(=O)Nc1ccc(Cl)cc1. The summed E-state index contributed by atoms with van der Waals surface area (Å²) in [5.41, 5.74) is 1.06. The van der Waals surface area contributed by atoms with Crippen molar-refractivity contribution in [2.24, 2.45) is 7.05 Å². The Balaban J connectivity index is 1.52. The first-order chi connectivity index (χ1) is 13.9. The third-order valence-corrected chi connectivity index (χ3v) is 5.51. The summed E-state index contributed by atoms with van der Waals surface area (Å²) < 4.78 is 1.73. The number of halogens is 2. The van der Waals surface area contributed by atoms with Crippen molar-refractivity contribution in [2.45, 2.75) is 11.7 Å². The van der Waals surface area contributed by atoms with E-state index in [0.717, 1.165) is 0 Å². The Kier molecular flexibility index (Phi) is 7.13. The molecule has 2 N–H and O–H groups in total. The van der Waals surface area contributed by atoms with E-state index in [2.05, 4.69) is 20.8 Å². The van der Waals surface area contributed by atoms with E-state index in [-0.39, 0.29) is 24.1 Å². The summed E-state index contributed by atoms with van der Waals surface area (Å²) in [5.74, 6) is 0.260. The molecule has 10 heteroatoms. The van der Waals surface area contributed by atoms with E-state index in [4.69, 9.17) is 23.2 Å². The maximum absolute atomic E-state index is 12.2. The van der Waals surface area contributed by atoms with Gasteiger partial charge in [-0.15, -0.1) is 10.2 Å². The number of amides is 2. The molecule has 7 nitrogen and oxygen atoms in total. The Morgan fingerprint density at radius 1 is 1.07 bits per heavy atom. The first-order valence-electron chi connectivity index (χ1n) is 8.53. The number of carbonyl (C=O) groups excluding carboxylic acids is 2. The quantitative estimate of drug-likeness (QED) is 0.535. The standard InChI is InChI=1S/C19H17Cl2N5O2S/c1-26-16(10-22-18(28)14-4-2-3-5-15(14)21)24-25-19(26)29-11-17(27)23-13-8-6-12(20)7-9-13/h2-9H,10-11H2,1H3,(H,22,28)(H,23,27). The lowest BCUT2D eigenvalue weighted by atomic mass is 10.2. The molecule has 0 fully saturated rings. The van der Waals surface area contributed by atoms with Gasteiger partial charge < -0.3 is 15.2 Å². The lowest BCUT2D eigenvalue weighted by Gasteiger charge is -2.07. The van der Waals surface area contributed by atoms with E-state index in [0.29, 0.717) is 32.3 Å². The zero-order valence-corrected chi connectivity index (χ0v) is 17.7. The number of hydrogen-bond acceptors (Lipinski definition) is 5. The van der Waals surface area contributed by atoms with Gasteiger partial charge in [0, 0.05) is 17.8 Å². The number of aromatic nitrogens is 3. The number of nitrogens with one attached hydrogen (secondary N) is 2. The summed E-state index contributed by atoms with van der Waals surface area (Å²) in [4.78, 5) is 24.3. The van der Waals surface area contributed by atoms with Crippen LogP contribution in [-0.4, -0.2) is 32.3 Å². The van der Waals surface area contributed by atoms with E-state index >= 15 is 0 Å². The van der Waals surface area contributed by atoms with Crippen LogP contribution in [0.5, 0.6) is 0 Å². The third-order valence-electron chi connectivity index (χ3n) is 3.91. The molecular weight excluding hydrogens is 433 g/mol. The predicted molar refractivity (Wildman–Crippen MR) is 114 cm³/mol. The van der Waals surface area contributed by atoms with Gasteiger partial charge in [-0.25, -0.2) is 0 Å². The fourth-order valence-corrected chi connectivity index (χ4v) is 3.46. The fourth-order valence-electron chi connectivity index (χ4n) is 2.38. The van der Waals surface area contributed by atoms with Gasteiger partial charge in [-0.1, -0.05) is 47.1 Å². The van der Waals surface area contributed by atoms with E-state index < -0.39 is 0 Å². The molecule has 0 aliphatic carbocycles. The molecule has 150 valence electrons. The maximum atomic E-state index is 12.2. The summed E-state index contributed by atoms with van der Waals surface area (Å²) in [5, 5.41) is 15.2. The van der Waals surface area contributed by atoms with Gasteiger partial charge >= 0.3 is 0 Å². The number of carbonyl (C=O) groups is 2. The van der Waals surface area contributed by atoms with E-state index in [1.165, 1.54) is 11.8 Å². The minimum absolute atomic E-state index is 0.167. The monoisotopic (exact) mass is 449 g/mol. The van der Waals surface area contributed by atoms with Gasteiger partial charge in [0.1, 0.15) is 0 Å². The number of anilines is 1. The summed E-state index contributed by atoms with van der Waals surface area (Å²) in [6.07, 6.45) is 0. The molecule has 0 unspecified atom stereocenters. The second kappa shape index (κ2) is 9.78. The van der Waals surface area contributed by atoms with Crippen LogP contribution < -0.4 is 10.6 Å². The average molecular weight is 450 g/mol. The molecule has 0 saturated carbocycles. The van der Waals surface area contributed by atoms with Crippen LogP contribution in [0.2, 0.25) is 10.0 Å². The molecule has 0 spiro atoms. The molecule has 0 radical (unpaired) electrons. The van der Waals surface area contributed by atoms with Crippen molar-refractivity contribution in [3.63, 3.8) is 0 Å². The summed E-state index contributed by atoms with van der Waals surface area (Å²) in [6.45, 7) is 0.186. The van der Waals surface area contributed by atoms with Gasteiger partial charge in [0.2, 0.25) is 5.91 Å². The van der Waals surface area contributed by atoms with E-state index in [1.807, 2.05) is 0 Å². The molecule has 0 saturated heterocycles. The largest absolute Gasteiger partial charge is 0.345 e. The lowest BCUT2D eigenvalue weighted by Crippen LogP contribution is -2.24. The third kappa shape index (κ3) is 5.72. The molecule has 3 rings (SSSR count). The van der Waals surface area contributed by atoms with Gasteiger partial charge in [0.05, 0.1) is 22.9 Å². The molecule has 0 bridgehead atoms. The van der Waals surface area contributed by atoms with Crippen LogP contribution in [0.25, 0.3) is 0 Å². The normalized spacial score (nSPS) is 10.6. The summed E-state index contributed by atoms with van der Waals surface area (Å²) in [6, 6.07) is 13.7. The van der Waals surface area contributed by atoms with Crippen LogP contribution in [0.4, 0.5) is 5.69 Å². The summed E-state index contributed by atoms with van der Waals surface area (Å²) >= 11 is 13.1. The van der Waals surface area contributed by atoms with Crippen LogP contribution in [-0.2, 0) is 18.4 Å². The van der Waals surface area contributed by atoms with Gasteiger partial charge in [-0.05, 0) is 36.4 Å². The number of nitrogens with zero attached hydrogens (tertiary/aromatic N) is 3. The Morgan fingerprint density at radius 3 is 2.52 bits per heavy atom. The topological polar surface area (TPSA) is 88.9 Å². The van der Waals surface area contributed by atoms with Crippen LogP contribution >= 0.6 is 35.0 Å². The minimum Gasteiger partial charge on any atom is -0.345 e. The van der Waals surface area contributed by atoms with Gasteiger partial charge in [-0.3, -0.25) is 9.59 Å². The van der Waals surface area contributed by atoms with Crippen molar-refractivity contribution in [2.75, 3.05) is 11.1 Å². The highest BCUT2D eigenvalue weighted by molar-refractivity contribution is 7.99. The van der Waals surface area contributed by atoms with Crippen LogP contribution in [0.1, 0.15) is 16.2 Å². The number of hydrogen-bond donors (Lipinski definition) is 2. The Morgan fingerprint density at radius 2 is 1.79 bits per heavy atom. The first-order valence-corrected chi connectivity index (χ1v) is 10.3. The van der Waals surface area contributed by atoms with E-state index in [9.17, 15) is 9.59 Å². The van der Waals surface area contributed by atoms with Crippen LogP contribution in [0, 0.1) is 0 Å². The molecule has 1 heterocycles. The zero-order valence-electron chi connectivity index (χ0n) is 15.4. The number of rotatable bonds is 7. The number of benzene rings is 2. The second-order valence-corrected chi connectivity index (χ2v) is 7.75. The molecule has 2 aromatic carbocycles. The van der Waals surface area contributed by atoms with Crippen molar-refractivity contribution in [3.8, 4) is 0 Å². The second-order valence-electron chi connectivity index (χ2n) is 5.96. The average Bonchev–Trinajstić information content (AvgIpc) is 3.06. The van der Waals surface area contributed by atoms with Crippen molar-refractivity contribution in [1.29, 1.82) is 0 Å². The minimum atomic E-state index is -0.296. The van der Waals surface area contributed by atoms with Crippen molar-refractivity contribution < 1.29 is 9.59 Å². The highest BCUT2D eigenvalue weighted by Crippen LogP contribution is 2.18. The van der Waals surface area contributed by atoms with Crippen molar-refractivity contribution in [1.82, 2.24) is 20.1 Å². The highest BCUT2D eigenvalue weighted by atomic mass is 35.5. The Labute approximate surface area is 181 Å². The highest BCUT2D eigenvalue weighted by Gasteiger charge is 2.14. The molecule has 0 atom stereocenters. The number of thioether (sulfide) groups is 1. The first kappa shape index (κ1) is 21.2. The van der Waals surface area contributed by atoms with Crippen molar-refractivity contribution >= 4 is 52.5 Å². The van der Waals surface area contributed by atoms with Crippen LogP contribution in [0.3, 0.4) is 0 Å². The van der Waals surface area contributed by atoms with Gasteiger partial charge in [0.15, 0.2) is 11.0 Å². The molecule has 0 aliphatic heterocycles. The maximum Gasteiger partial charge on any atom is 0.253 e. The molecule has 3 aromatic rings. The van der Waals surface area contributed by atoms with E-state index in [1.54, 1.807) is 60.1 Å². The Hall–Kier alpha value is -2.55. The molecular formula is C19H17Cl2N5O2S. The van der Waals surface area contributed by atoms with Gasteiger partial charge in [-0.2, -0.15) is 0 Å². The van der Waals surface area contributed by atoms with Gasteiger partial charge in [0.25, 0.3) is 5.91 Å². The smallest absolute Gasteiger partial charge is 0.253 e. The predicted octanol–water partition coefficient (Wildman–Crippen LogP) is 3.78. The molecule has 29 heavy (non-hydrogen) atoms. The summed E-state index contributed by atoms with van der Waals surface area (Å²) in [7, 11) is 1.77. The molecule has 1 aromatic heterocycles. The molecule has 0 aliphatic rings. The lowest BCUT2D eigenvalue weighted by molar-refractivity contribution is -0.113. The van der Waals surface area contributed by atoms with Crippen LogP contribution in [0.15, 0.2) is 53.7 Å². The van der Waals surface area contributed by atoms with Crippen molar-refractivity contribution in [3.05, 3.63) is 70.0 Å². The Bertz CT molecular complexity index is 1020.